The standard InChI is InChI=1S/C34H54O8/c1-7-39-30(37)34(6,31(38)40-8-2)15-9-10-22(3)25-11-12-26-29-27(14-17-33(25,26)5)32(4)16-13-24(41-20-35)18-23(32)19-28(29)42-21-36/h20-29H,7-19H2,1-6H3/t22-,23+,24-,25-,26+,27+,28-,29+,32+,33-/m1/s1. The molecule has 0 unspecified atom stereocenters. The normalized spacial score (nSPS) is 38.2. The van der Waals surface area contributed by atoms with E-state index >= 15 is 0 Å². The van der Waals surface area contributed by atoms with Crippen LogP contribution in [0.1, 0.15) is 112 Å². The maximum absolute atomic E-state index is 12.8. The molecule has 0 amide bonds. The fraction of sp³-hybridized carbons (Fsp3) is 0.882. The predicted octanol–water partition coefficient (Wildman–Crippen LogP) is 6.28. The van der Waals surface area contributed by atoms with E-state index in [9.17, 15) is 19.2 Å². The molecule has 0 bridgehead atoms. The average molecular weight is 591 g/mol. The van der Waals surface area contributed by atoms with E-state index in [1.54, 1.807) is 20.8 Å². The highest BCUT2D eigenvalue weighted by atomic mass is 16.6. The van der Waals surface area contributed by atoms with E-state index in [0.717, 1.165) is 57.8 Å². The minimum absolute atomic E-state index is 0.0333. The Morgan fingerprint density at radius 1 is 0.881 bits per heavy atom. The van der Waals surface area contributed by atoms with Gasteiger partial charge >= 0.3 is 11.9 Å². The summed E-state index contributed by atoms with van der Waals surface area (Å²) in [6.07, 6.45) is 10.2. The lowest BCUT2D eigenvalue weighted by Crippen LogP contribution is -2.59. The highest BCUT2D eigenvalue weighted by Gasteiger charge is 2.63. The number of esters is 2. The van der Waals surface area contributed by atoms with Gasteiger partial charge < -0.3 is 18.9 Å². The smallest absolute Gasteiger partial charge is 0.323 e. The Morgan fingerprint density at radius 3 is 2.12 bits per heavy atom. The first-order valence-electron chi connectivity index (χ1n) is 16.5. The third-order valence-electron chi connectivity index (χ3n) is 12.6. The van der Waals surface area contributed by atoms with Crippen LogP contribution in [0.25, 0.3) is 0 Å². The molecule has 0 N–H and O–H groups in total. The summed E-state index contributed by atoms with van der Waals surface area (Å²) >= 11 is 0. The van der Waals surface area contributed by atoms with Gasteiger partial charge in [-0.05, 0) is 119 Å². The number of hydrogen-bond donors (Lipinski definition) is 0. The molecule has 0 spiro atoms. The van der Waals surface area contributed by atoms with Crippen molar-refractivity contribution in [3.8, 4) is 0 Å². The Hall–Kier alpha value is -2.12. The van der Waals surface area contributed by atoms with Gasteiger partial charge in [-0.3, -0.25) is 19.2 Å². The molecule has 4 saturated carbocycles. The number of hydrogen-bond acceptors (Lipinski definition) is 8. The van der Waals surface area contributed by atoms with E-state index in [1.165, 1.54) is 6.42 Å². The lowest BCUT2D eigenvalue weighted by atomic mass is 9.43. The Balaban J connectivity index is 1.47. The van der Waals surface area contributed by atoms with Crippen molar-refractivity contribution in [2.75, 3.05) is 13.2 Å². The molecular formula is C34H54O8. The Morgan fingerprint density at radius 2 is 1.50 bits per heavy atom. The molecule has 0 aromatic carbocycles. The SMILES string of the molecule is CCOC(=O)C(C)(CCC[C@@H](C)[C@H]1CC[C@H]2[C@@H]3[C@H](OC=O)C[C@@H]4C[C@H](OC=O)CC[C@]4(C)[C@H]3CC[C@]12C)C(=O)OCC. The first-order chi connectivity index (χ1) is 20.0. The molecule has 0 heterocycles. The summed E-state index contributed by atoms with van der Waals surface area (Å²) in [5.74, 6) is 1.72. The molecule has 0 aromatic heterocycles. The van der Waals surface area contributed by atoms with Crippen molar-refractivity contribution < 1.29 is 38.1 Å². The summed E-state index contributed by atoms with van der Waals surface area (Å²) < 4.78 is 21.8. The van der Waals surface area contributed by atoms with Crippen LogP contribution in [0.4, 0.5) is 0 Å². The van der Waals surface area contributed by atoms with Crippen molar-refractivity contribution in [1.82, 2.24) is 0 Å². The zero-order chi connectivity index (χ0) is 30.7. The quantitative estimate of drug-likeness (QED) is 0.107. The minimum atomic E-state index is -1.28. The largest absolute Gasteiger partial charge is 0.465 e. The van der Waals surface area contributed by atoms with Gasteiger partial charge in [-0.1, -0.05) is 33.6 Å². The first kappa shape index (κ1) is 32.8. The number of carbonyl (C=O) groups is 4. The Kier molecular flexibility index (Phi) is 10.3. The molecule has 10 atom stereocenters. The number of rotatable bonds is 13. The van der Waals surface area contributed by atoms with Gasteiger partial charge in [0, 0.05) is 5.92 Å². The zero-order valence-electron chi connectivity index (χ0n) is 26.7. The fourth-order valence-corrected chi connectivity index (χ4v) is 10.4. The van der Waals surface area contributed by atoms with Gasteiger partial charge in [0.05, 0.1) is 13.2 Å². The highest BCUT2D eigenvalue weighted by molar-refractivity contribution is 5.99. The fourth-order valence-electron chi connectivity index (χ4n) is 10.4. The van der Waals surface area contributed by atoms with Crippen molar-refractivity contribution in [1.29, 1.82) is 0 Å². The van der Waals surface area contributed by atoms with Gasteiger partial charge in [0.25, 0.3) is 12.9 Å². The second kappa shape index (κ2) is 13.3. The van der Waals surface area contributed by atoms with Crippen LogP contribution in [0.3, 0.4) is 0 Å². The predicted molar refractivity (Wildman–Crippen MR) is 157 cm³/mol. The van der Waals surface area contributed by atoms with Gasteiger partial charge in [0.2, 0.25) is 0 Å². The third kappa shape index (κ3) is 5.85. The van der Waals surface area contributed by atoms with Gasteiger partial charge in [-0.25, -0.2) is 0 Å². The summed E-state index contributed by atoms with van der Waals surface area (Å²) in [5.41, 5.74) is -0.946. The first-order valence-corrected chi connectivity index (χ1v) is 16.5. The molecule has 0 saturated heterocycles. The number of ether oxygens (including phenoxy) is 4. The van der Waals surface area contributed by atoms with E-state index in [-0.39, 0.29) is 36.3 Å². The van der Waals surface area contributed by atoms with Crippen LogP contribution in [0.15, 0.2) is 0 Å². The Bertz CT molecular complexity index is 963. The lowest BCUT2D eigenvalue weighted by molar-refractivity contribution is -0.190. The van der Waals surface area contributed by atoms with Crippen LogP contribution in [-0.2, 0) is 38.1 Å². The second-order valence-electron chi connectivity index (χ2n) is 14.5. The summed E-state index contributed by atoms with van der Waals surface area (Å²) in [4.78, 5) is 48.3. The van der Waals surface area contributed by atoms with Crippen molar-refractivity contribution in [3.05, 3.63) is 0 Å². The number of carbonyl (C=O) groups excluding carboxylic acids is 4. The molecule has 8 heteroatoms. The molecule has 0 aromatic rings. The minimum Gasteiger partial charge on any atom is -0.465 e. The summed E-state index contributed by atoms with van der Waals surface area (Å²) in [5, 5.41) is 0. The lowest BCUT2D eigenvalue weighted by Gasteiger charge is -2.62. The topological polar surface area (TPSA) is 105 Å². The number of fused-ring (bicyclic) bond motifs is 5. The average Bonchev–Trinajstić information content (AvgIpc) is 3.31. The molecule has 42 heavy (non-hydrogen) atoms. The molecule has 0 aliphatic heterocycles. The second-order valence-corrected chi connectivity index (χ2v) is 14.5. The third-order valence-corrected chi connectivity index (χ3v) is 12.6. The van der Waals surface area contributed by atoms with Gasteiger partial charge in [-0.15, -0.1) is 0 Å². The maximum atomic E-state index is 12.8. The van der Waals surface area contributed by atoms with Crippen LogP contribution < -0.4 is 0 Å². The van der Waals surface area contributed by atoms with E-state index in [4.69, 9.17) is 18.9 Å². The Labute approximate surface area is 252 Å². The monoisotopic (exact) mass is 590 g/mol. The summed E-state index contributed by atoms with van der Waals surface area (Å²) in [7, 11) is 0. The van der Waals surface area contributed by atoms with E-state index in [2.05, 4.69) is 20.8 Å². The van der Waals surface area contributed by atoms with Crippen LogP contribution in [0.2, 0.25) is 0 Å². The molecule has 4 fully saturated rings. The molecular weight excluding hydrogens is 536 g/mol. The van der Waals surface area contributed by atoms with Crippen molar-refractivity contribution >= 4 is 24.9 Å². The van der Waals surface area contributed by atoms with E-state index < -0.39 is 17.4 Å². The van der Waals surface area contributed by atoms with Gasteiger partial charge in [0.1, 0.15) is 12.2 Å². The maximum Gasteiger partial charge on any atom is 0.323 e. The molecule has 4 aliphatic rings. The molecule has 4 aliphatic carbocycles. The van der Waals surface area contributed by atoms with E-state index in [0.29, 0.717) is 54.9 Å². The molecule has 4 rings (SSSR count). The zero-order valence-corrected chi connectivity index (χ0v) is 26.7. The van der Waals surface area contributed by atoms with Gasteiger partial charge in [0.15, 0.2) is 5.41 Å². The van der Waals surface area contributed by atoms with Crippen LogP contribution >= 0.6 is 0 Å². The van der Waals surface area contributed by atoms with Crippen LogP contribution in [0, 0.1) is 51.8 Å². The van der Waals surface area contributed by atoms with Crippen LogP contribution in [-0.4, -0.2) is 50.3 Å². The van der Waals surface area contributed by atoms with Crippen molar-refractivity contribution in [2.45, 2.75) is 124 Å². The highest BCUT2D eigenvalue weighted by Crippen LogP contribution is 2.68. The molecule has 0 radical (unpaired) electrons. The molecule has 8 nitrogen and oxygen atoms in total. The van der Waals surface area contributed by atoms with E-state index in [1.807, 2.05) is 0 Å². The van der Waals surface area contributed by atoms with Crippen molar-refractivity contribution in [3.63, 3.8) is 0 Å². The van der Waals surface area contributed by atoms with Crippen molar-refractivity contribution in [2.24, 2.45) is 51.8 Å². The molecule has 238 valence electrons. The summed E-state index contributed by atoms with van der Waals surface area (Å²) in [6.45, 7) is 14.1. The van der Waals surface area contributed by atoms with Crippen LogP contribution in [0.5, 0.6) is 0 Å². The summed E-state index contributed by atoms with van der Waals surface area (Å²) in [6, 6.07) is 0. The van der Waals surface area contributed by atoms with Gasteiger partial charge in [-0.2, -0.15) is 0 Å².